The van der Waals surface area contributed by atoms with Crippen LogP contribution in [0.4, 0.5) is 13.2 Å². The SMILES string of the molecule is FC(F)(F)c1cccc(Oc2ncnc3ccsc23)c1. The molecule has 0 N–H and O–H groups in total. The Morgan fingerprint density at radius 3 is 2.75 bits per heavy atom. The molecule has 0 radical (unpaired) electrons. The van der Waals surface area contributed by atoms with Gasteiger partial charge in [0.25, 0.3) is 0 Å². The first-order valence-electron chi connectivity index (χ1n) is 5.57. The van der Waals surface area contributed by atoms with Crippen molar-refractivity contribution in [1.29, 1.82) is 0 Å². The van der Waals surface area contributed by atoms with Crippen LogP contribution in [-0.4, -0.2) is 9.97 Å². The van der Waals surface area contributed by atoms with Crippen molar-refractivity contribution in [3.8, 4) is 11.6 Å². The molecular formula is C13H7F3N2OS. The minimum Gasteiger partial charge on any atom is -0.437 e. The highest BCUT2D eigenvalue weighted by Gasteiger charge is 2.30. The maximum Gasteiger partial charge on any atom is 0.416 e. The van der Waals surface area contributed by atoms with Crippen molar-refractivity contribution in [1.82, 2.24) is 9.97 Å². The molecule has 2 aromatic heterocycles. The predicted octanol–water partition coefficient (Wildman–Crippen LogP) is 4.50. The Labute approximate surface area is 115 Å². The van der Waals surface area contributed by atoms with Crippen molar-refractivity contribution in [2.45, 2.75) is 6.18 Å². The Bertz CT molecular complexity index is 754. The summed E-state index contributed by atoms with van der Waals surface area (Å²) in [6.07, 6.45) is -3.08. The van der Waals surface area contributed by atoms with Crippen LogP contribution in [0.3, 0.4) is 0 Å². The van der Waals surface area contributed by atoms with E-state index >= 15 is 0 Å². The van der Waals surface area contributed by atoms with E-state index in [0.717, 1.165) is 12.1 Å². The number of aromatic nitrogens is 2. The Kier molecular flexibility index (Phi) is 3.06. The molecule has 0 aliphatic heterocycles. The fraction of sp³-hybridized carbons (Fsp3) is 0.0769. The van der Waals surface area contributed by atoms with Gasteiger partial charge in [-0.15, -0.1) is 11.3 Å². The maximum absolute atomic E-state index is 12.6. The Morgan fingerprint density at radius 1 is 1.10 bits per heavy atom. The average Bonchev–Trinajstić information content (AvgIpc) is 2.87. The molecule has 20 heavy (non-hydrogen) atoms. The molecule has 1 aromatic carbocycles. The summed E-state index contributed by atoms with van der Waals surface area (Å²) in [6, 6.07) is 6.48. The number of thiophene rings is 1. The summed E-state index contributed by atoms with van der Waals surface area (Å²) in [7, 11) is 0. The summed E-state index contributed by atoms with van der Waals surface area (Å²) >= 11 is 1.37. The number of alkyl halides is 3. The quantitative estimate of drug-likeness (QED) is 0.698. The normalized spacial score (nSPS) is 11.8. The van der Waals surface area contributed by atoms with Crippen molar-refractivity contribution in [3.63, 3.8) is 0 Å². The average molecular weight is 296 g/mol. The van der Waals surface area contributed by atoms with Gasteiger partial charge in [-0.2, -0.15) is 13.2 Å². The van der Waals surface area contributed by atoms with Gasteiger partial charge in [-0.25, -0.2) is 9.97 Å². The second-order valence-corrected chi connectivity index (χ2v) is 4.86. The van der Waals surface area contributed by atoms with E-state index < -0.39 is 11.7 Å². The van der Waals surface area contributed by atoms with Gasteiger partial charge in [-0.05, 0) is 29.6 Å². The van der Waals surface area contributed by atoms with Gasteiger partial charge in [0.2, 0.25) is 5.88 Å². The summed E-state index contributed by atoms with van der Waals surface area (Å²) in [6.45, 7) is 0. The third-order valence-electron chi connectivity index (χ3n) is 2.59. The molecule has 0 saturated carbocycles. The van der Waals surface area contributed by atoms with Crippen molar-refractivity contribution in [2.24, 2.45) is 0 Å². The van der Waals surface area contributed by atoms with Gasteiger partial charge in [0.05, 0.1) is 11.1 Å². The first-order chi connectivity index (χ1) is 9.54. The third-order valence-corrected chi connectivity index (χ3v) is 3.48. The van der Waals surface area contributed by atoms with E-state index in [2.05, 4.69) is 9.97 Å². The topological polar surface area (TPSA) is 35.0 Å². The summed E-state index contributed by atoms with van der Waals surface area (Å²) in [5, 5.41) is 1.82. The first kappa shape index (κ1) is 12.9. The standard InChI is InChI=1S/C13H7F3N2OS/c14-13(15,16)8-2-1-3-9(6-8)19-12-11-10(4-5-20-11)17-7-18-12/h1-7H. The molecule has 0 amide bonds. The maximum atomic E-state index is 12.6. The van der Waals surface area contributed by atoms with Crippen molar-refractivity contribution in [3.05, 3.63) is 47.6 Å². The molecule has 3 nitrogen and oxygen atoms in total. The molecular weight excluding hydrogens is 289 g/mol. The van der Waals surface area contributed by atoms with Gasteiger partial charge in [0.15, 0.2) is 0 Å². The predicted molar refractivity (Wildman–Crippen MR) is 68.9 cm³/mol. The van der Waals surface area contributed by atoms with E-state index in [9.17, 15) is 13.2 Å². The molecule has 0 saturated heterocycles. The summed E-state index contributed by atoms with van der Waals surface area (Å²) < 4.78 is 44.0. The van der Waals surface area contributed by atoms with Crippen LogP contribution >= 0.6 is 11.3 Å². The number of halogens is 3. The summed E-state index contributed by atoms with van der Waals surface area (Å²) in [4.78, 5) is 8.00. The largest absolute Gasteiger partial charge is 0.437 e. The minimum atomic E-state index is -4.40. The number of fused-ring (bicyclic) bond motifs is 1. The van der Waals surface area contributed by atoms with E-state index in [1.54, 1.807) is 6.07 Å². The van der Waals surface area contributed by atoms with Crippen LogP contribution in [0.15, 0.2) is 42.0 Å². The van der Waals surface area contributed by atoms with Crippen LogP contribution in [0, 0.1) is 0 Å². The van der Waals surface area contributed by atoms with E-state index in [0.29, 0.717) is 10.2 Å². The number of ether oxygens (including phenoxy) is 1. The molecule has 0 spiro atoms. The second kappa shape index (κ2) is 4.75. The molecule has 102 valence electrons. The van der Waals surface area contributed by atoms with Gasteiger partial charge in [-0.1, -0.05) is 6.07 Å². The molecule has 0 aliphatic carbocycles. The first-order valence-corrected chi connectivity index (χ1v) is 6.45. The molecule has 0 bridgehead atoms. The van der Waals surface area contributed by atoms with Gasteiger partial charge in [-0.3, -0.25) is 0 Å². The molecule has 0 fully saturated rings. The molecule has 3 aromatic rings. The molecule has 7 heteroatoms. The monoisotopic (exact) mass is 296 g/mol. The molecule has 0 unspecified atom stereocenters. The lowest BCUT2D eigenvalue weighted by molar-refractivity contribution is -0.137. The van der Waals surface area contributed by atoms with E-state index in [-0.39, 0.29) is 11.6 Å². The zero-order valence-electron chi connectivity index (χ0n) is 9.89. The molecule has 3 rings (SSSR count). The third kappa shape index (κ3) is 2.44. The van der Waals surface area contributed by atoms with Gasteiger partial charge >= 0.3 is 6.18 Å². The van der Waals surface area contributed by atoms with Crippen molar-refractivity contribution >= 4 is 21.6 Å². The Morgan fingerprint density at radius 2 is 1.95 bits per heavy atom. The highest BCUT2D eigenvalue weighted by molar-refractivity contribution is 7.17. The zero-order chi connectivity index (χ0) is 14.2. The van der Waals surface area contributed by atoms with Crippen LogP contribution in [0.2, 0.25) is 0 Å². The molecule has 2 heterocycles. The van der Waals surface area contributed by atoms with Gasteiger partial charge in [0.1, 0.15) is 16.8 Å². The van der Waals surface area contributed by atoms with Crippen LogP contribution in [0.5, 0.6) is 11.6 Å². The highest BCUT2D eigenvalue weighted by atomic mass is 32.1. The van der Waals surface area contributed by atoms with Crippen LogP contribution in [0.1, 0.15) is 5.56 Å². The Balaban J connectivity index is 1.97. The number of hydrogen-bond donors (Lipinski definition) is 0. The van der Waals surface area contributed by atoms with Crippen molar-refractivity contribution < 1.29 is 17.9 Å². The lowest BCUT2D eigenvalue weighted by Gasteiger charge is -2.09. The van der Waals surface area contributed by atoms with E-state index in [4.69, 9.17) is 4.74 Å². The van der Waals surface area contributed by atoms with Gasteiger partial charge in [0, 0.05) is 0 Å². The van der Waals surface area contributed by atoms with Crippen LogP contribution in [-0.2, 0) is 6.18 Å². The van der Waals surface area contributed by atoms with Crippen molar-refractivity contribution in [2.75, 3.05) is 0 Å². The smallest absolute Gasteiger partial charge is 0.416 e. The van der Waals surface area contributed by atoms with E-state index in [1.165, 1.54) is 29.8 Å². The lowest BCUT2D eigenvalue weighted by Crippen LogP contribution is -2.04. The number of nitrogens with zero attached hydrogens (tertiary/aromatic N) is 2. The van der Waals surface area contributed by atoms with Crippen LogP contribution in [0.25, 0.3) is 10.2 Å². The number of benzene rings is 1. The zero-order valence-corrected chi connectivity index (χ0v) is 10.7. The van der Waals surface area contributed by atoms with E-state index in [1.807, 2.05) is 5.38 Å². The fourth-order valence-electron chi connectivity index (χ4n) is 1.69. The minimum absolute atomic E-state index is 0.0909. The number of hydrogen-bond acceptors (Lipinski definition) is 4. The van der Waals surface area contributed by atoms with Gasteiger partial charge < -0.3 is 4.74 Å². The van der Waals surface area contributed by atoms with Crippen LogP contribution < -0.4 is 4.74 Å². The number of rotatable bonds is 2. The summed E-state index contributed by atoms with van der Waals surface area (Å²) in [5.74, 6) is 0.345. The fourth-order valence-corrected chi connectivity index (χ4v) is 2.46. The highest BCUT2D eigenvalue weighted by Crippen LogP contribution is 2.34. The molecule has 0 aliphatic rings. The second-order valence-electron chi connectivity index (χ2n) is 3.94. The summed E-state index contributed by atoms with van der Waals surface area (Å²) in [5.41, 5.74) is -0.0570. The molecule has 0 atom stereocenters. The Hall–Kier alpha value is -2.15. The lowest BCUT2D eigenvalue weighted by atomic mass is 10.2.